The highest BCUT2D eigenvalue weighted by molar-refractivity contribution is 5.83. The van der Waals surface area contributed by atoms with Gasteiger partial charge in [0.05, 0.1) is 36.5 Å². The van der Waals surface area contributed by atoms with Crippen LogP contribution in [0.4, 0.5) is 19.1 Å². The summed E-state index contributed by atoms with van der Waals surface area (Å²) in [4.78, 5) is 41.3. The molecule has 1 fully saturated rings. The highest BCUT2D eigenvalue weighted by atomic mass is 19.4. The quantitative estimate of drug-likeness (QED) is 0.166. The van der Waals surface area contributed by atoms with Crippen molar-refractivity contribution in [3.8, 4) is 28.7 Å². The highest BCUT2D eigenvalue weighted by Gasteiger charge is 2.35. The van der Waals surface area contributed by atoms with Gasteiger partial charge in [-0.1, -0.05) is 42.5 Å². The van der Waals surface area contributed by atoms with Crippen LogP contribution in [-0.2, 0) is 12.7 Å². The molecule has 12 nitrogen and oxygen atoms in total. The van der Waals surface area contributed by atoms with Crippen molar-refractivity contribution in [1.82, 2.24) is 44.7 Å². The maximum absolute atomic E-state index is 13.6. The summed E-state index contributed by atoms with van der Waals surface area (Å²) in [6.45, 7) is 5.77. The van der Waals surface area contributed by atoms with Gasteiger partial charge in [-0.25, -0.2) is 30.0 Å². The molecule has 1 N–H and O–H groups in total. The number of imidazole rings is 1. The lowest BCUT2D eigenvalue weighted by Gasteiger charge is -2.30. The summed E-state index contributed by atoms with van der Waals surface area (Å²) in [5, 5.41) is 8.18. The molecule has 0 saturated heterocycles. The van der Waals surface area contributed by atoms with Crippen LogP contribution in [0.25, 0.3) is 33.5 Å². The van der Waals surface area contributed by atoms with Gasteiger partial charge in [0.1, 0.15) is 24.0 Å². The van der Waals surface area contributed by atoms with Crippen LogP contribution in [0.5, 0.6) is 5.88 Å². The number of hydrogen-bond donors (Lipinski definition) is 1. The summed E-state index contributed by atoms with van der Waals surface area (Å²) in [6.07, 6.45) is 1.35. The topological polar surface area (TPSA) is 140 Å². The molecule has 1 saturated carbocycles. The van der Waals surface area contributed by atoms with Gasteiger partial charge < -0.3 is 14.2 Å². The van der Waals surface area contributed by atoms with Crippen LogP contribution in [0, 0.1) is 0 Å². The number of benzene rings is 2. The molecule has 1 aliphatic rings. The second kappa shape index (κ2) is 12.9. The smallest absolute Gasteiger partial charge is 0.434 e. The summed E-state index contributed by atoms with van der Waals surface area (Å²) in [7, 11) is 1.53. The largest absolute Gasteiger partial charge is 0.480 e. The average Bonchev–Trinajstić information content (AvgIpc) is 3.86. The number of nitrogens with zero attached hydrogens (tertiary/aromatic N) is 9. The predicted molar refractivity (Wildman–Crippen MR) is 179 cm³/mol. The Hall–Kier alpha value is -5.73. The number of fused-ring (bicyclic) bond motifs is 1. The minimum atomic E-state index is -4.57. The van der Waals surface area contributed by atoms with Gasteiger partial charge in [-0.3, -0.25) is 4.79 Å². The molecule has 1 aliphatic carbocycles. The number of alkyl halides is 3. The fraction of sp³-hybridized carbons (Fsp3) is 0.314. The molecule has 0 aliphatic heterocycles. The maximum Gasteiger partial charge on any atom is 0.434 e. The van der Waals surface area contributed by atoms with Crippen molar-refractivity contribution in [3.63, 3.8) is 0 Å². The molecule has 7 rings (SSSR count). The van der Waals surface area contributed by atoms with E-state index in [0.717, 1.165) is 30.3 Å². The van der Waals surface area contributed by atoms with Crippen molar-refractivity contribution in [3.05, 3.63) is 100 Å². The van der Waals surface area contributed by atoms with Crippen molar-refractivity contribution < 1.29 is 17.9 Å². The van der Waals surface area contributed by atoms with Crippen LogP contribution >= 0.6 is 0 Å². The number of aromatic nitrogens is 9. The molecule has 256 valence electrons. The second-order valence-corrected chi connectivity index (χ2v) is 12.4. The molecule has 4 aromatic heterocycles. The van der Waals surface area contributed by atoms with E-state index in [1.165, 1.54) is 24.3 Å². The number of ether oxygens (including phenoxy) is 1. The molecule has 0 amide bonds. The van der Waals surface area contributed by atoms with Crippen molar-refractivity contribution in [2.24, 2.45) is 0 Å². The van der Waals surface area contributed by atoms with Crippen LogP contribution in [0.15, 0.2) is 72.2 Å². The fourth-order valence-electron chi connectivity index (χ4n) is 6.02. The monoisotopic (exact) mass is 682 g/mol. The van der Waals surface area contributed by atoms with E-state index in [1.54, 1.807) is 24.3 Å². The lowest BCUT2D eigenvalue weighted by molar-refractivity contribution is -0.140. The standard InChI is InChI=1S/C35H33F3N10O2/c1-19(2)47-16-27(35(36,37)38)43-31(47)23-13-9-21(10-14-23)20(3)48(15-26-24-7-5-6-8-25(24)32(49)46-45-26)34-42-18-40-30(44-34)28-29(22-11-12-22)39-17-41-33(28)50-4/h5-10,13-14,16-20,22H,11-12,15H2,1-4H3,(H,46,49)/t20-/m1/s1. The number of methoxy groups -OCH3 is 1. The molecule has 0 bridgehead atoms. The minimum absolute atomic E-state index is 0.189. The van der Waals surface area contributed by atoms with E-state index in [-0.39, 0.29) is 35.9 Å². The number of rotatable bonds is 10. The first-order valence-electron chi connectivity index (χ1n) is 16.1. The number of aromatic amines is 1. The van der Waals surface area contributed by atoms with E-state index in [0.29, 0.717) is 45.2 Å². The van der Waals surface area contributed by atoms with Gasteiger partial charge in [-0.2, -0.15) is 23.3 Å². The minimum Gasteiger partial charge on any atom is -0.480 e. The zero-order valence-corrected chi connectivity index (χ0v) is 27.7. The third-order valence-electron chi connectivity index (χ3n) is 8.83. The lowest BCUT2D eigenvalue weighted by atomic mass is 10.0. The zero-order valence-electron chi connectivity index (χ0n) is 27.7. The lowest BCUT2D eigenvalue weighted by Crippen LogP contribution is -2.29. The molecule has 0 unspecified atom stereocenters. The molecule has 6 aromatic rings. The van der Waals surface area contributed by atoms with E-state index >= 15 is 0 Å². The fourth-order valence-corrected chi connectivity index (χ4v) is 6.02. The third-order valence-corrected chi connectivity index (χ3v) is 8.83. The van der Waals surface area contributed by atoms with Crippen molar-refractivity contribution >= 4 is 16.7 Å². The SMILES string of the molecule is COc1ncnc(C2CC2)c1-c1ncnc(N(Cc2n[nH]c(=O)c3ccccc23)[C@H](C)c2ccc(-c3nc(C(F)(F)F)cn3C(C)C)cc2)n1. The first kappa shape index (κ1) is 32.8. The number of H-pyrrole nitrogens is 1. The summed E-state index contributed by atoms with van der Waals surface area (Å²) in [6, 6.07) is 13.8. The molecule has 1 atom stereocenters. The van der Waals surface area contributed by atoms with Gasteiger partial charge in [0.2, 0.25) is 11.8 Å². The van der Waals surface area contributed by atoms with E-state index in [1.807, 2.05) is 49.9 Å². The highest BCUT2D eigenvalue weighted by Crippen LogP contribution is 2.45. The molecule has 4 heterocycles. The van der Waals surface area contributed by atoms with Gasteiger partial charge in [-0.15, -0.1) is 0 Å². The maximum atomic E-state index is 13.6. The molecule has 0 spiro atoms. The van der Waals surface area contributed by atoms with Crippen LogP contribution in [0.2, 0.25) is 0 Å². The normalized spacial score (nSPS) is 13.9. The van der Waals surface area contributed by atoms with E-state index < -0.39 is 11.9 Å². The Morgan fingerprint density at radius 1 is 0.960 bits per heavy atom. The number of halogens is 3. The summed E-state index contributed by atoms with van der Waals surface area (Å²) >= 11 is 0. The number of nitrogens with one attached hydrogen (secondary N) is 1. The summed E-state index contributed by atoms with van der Waals surface area (Å²) in [5.41, 5.74) is 2.11. The number of anilines is 1. The van der Waals surface area contributed by atoms with Crippen molar-refractivity contribution in [2.45, 2.75) is 64.3 Å². The Balaban J connectivity index is 1.31. The van der Waals surface area contributed by atoms with Crippen molar-refractivity contribution in [2.75, 3.05) is 12.0 Å². The average molecular weight is 683 g/mol. The zero-order chi connectivity index (χ0) is 35.2. The van der Waals surface area contributed by atoms with Gasteiger partial charge in [0, 0.05) is 29.1 Å². The summed E-state index contributed by atoms with van der Waals surface area (Å²) in [5.74, 6) is 1.50. The molecule has 0 radical (unpaired) electrons. The Morgan fingerprint density at radius 3 is 2.36 bits per heavy atom. The van der Waals surface area contributed by atoms with Crippen LogP contribution in [0.3, 0.4) is 0 Å². The number of hydrogen-bond acceptors (Lipinski definition) is 10. The Bertz CT molecular complexity index is 2230. The first-order chi connectivity index (χ1) is 24.0. The second-order valence-electron chi connectivity index (χ2n) is 12.4. The first-order valence-corrected chi connectivity index (χ1v) is 16.1. The molecular formula is C35H33F3N10O2. The van der Waals surface area contributed by atoms with Gasteiger partial charge in [-0.05, 0) is 45.2 Å². The third kappa shape index (κ3) is 6.26. The Kier molecular flexibility index (Phi) is 8.49. The van der Waals surface area contributed by atoms with Gasteiger partial charge in [0.15, 0.2) is 11.5 Å². The summed E-state index contributed by atoms with van der Waals surface area (Å²) < 4.78 is 47.9. The molecule has 2 aromatic carbocycles. The van der Waals surface area contributed by atoms with Crippen LogP contribution in [0.1, 0.15) is 74.3 Å². The van der Waals surface area contributed by atoms with E-state index in [4.69, 9.17) is 9.72 Å². The molecule has 50 heavy (non-hydrogen) atoms. The van der Waals surface area contributed by atoms with Crippen LogP contribution in [-0.4, -0.2) is 51.8 Å². The van der Waals surface area contributed by atoms with E-state index in [9.17, 15) is 18.0 Å². The Labute approximate surface area is 284 Å². The Morgan fingerprint density at radius 2 is 1.68 bits per heavy atom. The molecular weight excluding hydrogens is 649 g/mol. The van der Waals surface area contributed by atoms with Crippen LogP contribution < -0.4 is 15.2 Å². The van der Waals surface area contributed by atoms with E-state index in [2.05, 4.69) is 35.1 Å². The predicted octanol–water partition coefficient (Wildman–Crippen LogP) is 6.68. The van der Waals surface area contributed by atoms with Gasteiger partial charge >= 0.3 is 6.18 Å². The van der Waals surface area contributed by atoms with Crippen molar-refractivity contribution in [1.29, 1.82) is 0 Å². The molecule has 15 heteroatoms. The van der Waals surface area contributed by atoms with Gasteiger partial charge in [0.25, 0.3) is 5.56 Å².